The fourth-order valence-electron chi connectivity index (χ4n) is 2.28. The molecule has 1 amide bonds. The van der Waals surface area contributed by atoms with E-state index >= 15 is 0 Å². The maximum Gasteiger partial charge on any atom is 0.451 e. The van der Waals surface area contributed by atoms with Crippen LogP contribution in [0.3, 0.4) is 0 Å². The summed E-state index contributed by atoms with van der Waals surface area (Å²) < 4.78 is 37.8. The van der Waals surface area contributed by atoms with Crippen molar-refractivity contribution < 1.29 is 18.0 Å². The number of primary amides is 1. The number of carbonyl (C=O) groups excluding carboxylic acids is 1. The van der Waals surface area contributed by atoms with Gasteiger partial charge in [-0.05, 0) is 30.7 Å². The number of aryl methyl sites for hydroxylation is 1. The fraction of sp³-hybridized carbons (Fsp3) is 0.133. The van der Waals surface area contributed by atoms with Crippen LogP contribution in [-0.4, -0.2) is 31.1 Å². The molecule has 3 aromatic rings. The zero-order chi connectivity index (χ0) is 19.8. The monoisotopic (exact) mass is 378 g/mol. The second-order valence-corrected chi connectivity index (χ2v) is 5.52. The Bertz CT molecular complexity index is 1010. The van der Waals surface area contributed by atoms with Crippen molar-refractivity contribution in [3.63, 3.8) is 0 Å². The van der Waals surface area contributed by atoms with E-state index in [-0.39, 0.29) is 23.2 Å². The average Bonchev–Trinajstić information content (AvgIpc) is 3.04. The number of aromatic nitrogens is 5. The van der Waals surface area contributed by atoms with Crippen LogP contribution in [0.25, 0.3) is 11.4 Å². The molecule has 2 heterocycles. The minimum Gasteiger partial charge on any atom is -0.383 e. The summed E-state index contributed by atoms with van der Waals surface area (Å²) in [5, 5.41) is 8.16. The lowest BCUT2D eigenvalue weighted by atomic mass is 10.1. The van der Waals surface area contributed by atoms with Crippen molar-refractivity contribution in [1.82, 2.24) is 25.1 Å². The first-order valence-corrected chi connectivity index (χ1v) is 7.45. The highest BCUT2D eigenvalue weighted by atomic mass is 19.4. The largest absolute Gasteiger partial charge is 0.451 e. The van der Waals surface area contributed by atoms with E-state index in [0.717, 1.165) is 0 Å². The lowest BCUT2D eigenvalue weighted by Gasteiger charge is -2.09. The summed E-state index contributed by atoms with van der Waals surface area (Å²) >= 11 is 0. The fourth-order valence-corrected chi connectivity index (χ4v) is 2.28. The molecule has 0 saturated carbocycles. The molecule has 0 aliphatic rings. The van der Waals surface area contributed by atoms with Crippen molar-refractivity contribution in [3.8, 4) is 11.4 Å². The van der Waals surface area contributed by atoms with Crippen LogP contribution < -0.4 is 16.8 Å². The number of nitrogens with zero attached hydrogens (tertiary/aromatic N) is 4. The summed E-state index contributed by atoms with van der Waals surface area (Å²) in [4.78, 5) is 22.6. The summed E-state index contributed by atoms with van der Waals surface area (Å²) in [5.74, 6) is -2.06. The van der Waals surface area contributed by atoms with Gasteiger partial charge in [0.25, 0.3) is 0 Å². The Balaban J connectivity index is 1.84. The molecule has 1 aromatic carbocycles. The van der Waals surface area contributed by atoms with E-state index in [1.54, 1.807) is 30.2 Å². The Morgan fingerprint density at radius 1 is 1.26 bits per heavy atom. The van der Waals surface area contributed by atoms with Gasteiger partial charge in [0, 0.05) is 17.4 Å². The van der Waals surface area contributed by atoms with Crippen LogP contribution in [-0.2, 0) is 6.18 Å². The van der Waals surface area contributed by atoms with Gasteiger partial charge in [-0.1, -0.05) is 0 Å². The van der Waals surface area contributed by atoms with Gasteiger partial charge in [-0.3, -0.25) is 9.89 Å². The Morgan fingerprint density at radius 3 is 2.56 bits per heavy atom. The highest BCUT2D eigenvalue weighted by Gasteiger charge is 2.35. The Hall–Kier alpha value is -3.70. The molecule has 6 N–H and O–H groups in total. The molecule has 2 aromatic heterocycles. The molecule has 0 atom stereocenters. The van der Waals surface area contributed by atoms with E-state index < -0.39 is 17.9 Å². The number of hydrogen-bond donors (Lipinski definition) is 4. The minimum absolute atomic E-state index is 0.0487. The normalized spacial score (nSPS) is 11.4. The molecule has 0 saturated heterocycles. The van der Waals surface area contributed by atoms with Crippen molar-refractivity contribution in [2.24, 2.45) is 5.73 Å². The van der Waals surface area contributed by atoms with E-state index in [2.05, 4.69) is 25.4 Å². The molecular weight excluding hydrogens is 365 g/mol. The SMILES string of the molecule is Cc1cc(Nc2ncc(-c3n[nH]c(C(F)(F)F)n3)c(N)n2)ccc1C(N)=O. The third-order valence-electron chi connectivity index (χ3n) is 3.56. The van der Waals surface area contributed by atoms with Gasteiger partial charge in [0.15, 0.2) is 5.82 Å². The van der Waals surface area contributed by atoms with Crippen LogP contribution in [0.5, 0.6) is 0 Å². The molecule has 0 spiro atoms. The highest BCUT2D eigenvalue weighted by molar-refractivity contribution is 5.94. The number of H-pyrrole nitrogens is 1. The van der Waals surface area contributed by atoms with E-state index in [0.29, 0.717) is 16.8 Å². The Kier molecular flexibility index (Phi) is 4.39. The summed E-state index contributed by atoms with van der Waals surface area (Å²) in [7, 11) is 0. The first kappa shape index (κ1) is 18.1. The quantitative estimate of drug-likeness (QED) is 0.542. The van der Waals surface area contributed by atoms with Crippen LogP contribution in [0.1, 0.15) is 21.7 Å². The first-order chi connectivity index (χ1) is 12.6. The summed E-state index contributed by atoms with van der Waals surface area (Å²) in [6.07, 6.45) is -3.45. The number of amides is 1. The third-order valence-corrected chi connectivity index (χ3v) is 3.56. The number of hydrogen-bond acceptors (Lipinski definition) is 7. The van der Waals surface area contributed by atoms with Crippen molar-refractivity contribution in [2.45, 2.75) is 13.1 Å². The molecule has 0 bridgehead atoms. The molecule has 0 aliphatic carbocycles. The van der Waals surface area contributed by atoms with Crippen molar-refractivity contribution >= 4 is 23.4 Å². The first-order valence-electron chi connectivity index (χ1n) is 7.45. The number of aromatic amines is 1. The van der Waals surface area contributed by atoms with Gasteiger partial charge in [-0.25, -0.2) is 9.97 Å². The van der Waals surface area contributed by atoms with Crippen LogP contribution >= 0.6 is 0 Å². The molecule has 12 heteroatoms. The smallest absolute Gasteiger partial charge is 0.383 e. The predicted octanol–water partition coefficient (Wildman–Crippen LogP) is 2.01. The number of rotatable bonds is 4. The minimum atomic E-state index is -4.66. The molecule has 0 unspecified atom stereocenters. The van der Waals surface area contributed by atoms with E-state index in [4.69, 9.17) is 11.5 Å². The van der Waals surface area contributed by atoms with Crippen LogP contribution in [0.4, 0.5) is 30.6 Å². The molecule has 9 nitrogen and oxygen atoms in total. The summed E-state index contributed by atoms with van der Waals surface area (Å²) in [5.41, 5.74) is 12.7. The maximum atomic E-state index is 12.6. The van der Waals surface area contributed by atoms with E-state index in [1.807, 2.05) is 0 Å². The van der Waals surface area contributed by atoms with Crippen molar-refractivity contribution in [1.29, 1.82) is 0 Å². The number of alkyl halides is 3. The topological polar surface area (TPSA) is 148 Å². The summed E-state index contributed by atoms with van der Waals surface area (Å²) in [6, 6.07) is 4.81. The number of anilines is 3. The Labute approximate surface area is 150 Å². The molecule has 0 radical (unpaired) electrons. The molecule has 140 valence electrons. The average molecular weight is 378 g/mol. The number of carbonyl (C=O) groups is 1. The molecule has 0 aliphatic heterocycles. The van der Waals surface area contributed by atoms with Gasteiger partial charge in [-0.2, -0.15) is 23.3 Å². The van der Waals surface area contributed by atoms with Crippen LogP contribution in [0.2, 0.25) is 0 Å². The van der Waals surface area contributed by atoms with Gasteiger partial charge in [0.2, 0.25) is 17.7 Å². The van der Waals surface area contributed by atoms with Crippen molar-refractivity contribution in [2.75, 3.05) is 11.1 Å². The van der Waals surface area contributed by atoms with Gasteiger partial charge >= 0.3 is 6.18 Å². The van der Waals surface area contributed by atoms with Gasteiger partial charge in [-0.15, -0.1) is 0 Å². The maximum absolute atomic E-state index is 12.6. The van der Waals surface area contributed by atoms with Crippen LogP contribution in [0.15, 0.2) is 24.4 Å². The number of benzene rings is 1. The predicted molar refractivity (Wildman–Crippen MR) is 89.8 cm³/mol. The number of nitrogens with two attached hydrogens (primary N) is 2. The van der Waals surface area contributed by atoms with Gasteiger partial charge in [0.1, 0.15) is 5.82 Å². The lowest BCUT2D eigenvalue weighted by Crippen LogP contribution is -2.12. The van der Waals surface area contributed by atoms with E-state index in [1.165, 1.54) is 6.20 Å². The van der Waals surface area contributed by atoms with Gasteiger partial charge in [0.05, 0.1) is 5.56 Å². The summed E-state index contributed by atoms with van der Waals surface area (Å²) in [6.45, 7) is 1.71. The number of halogens is 3. The van der Waals surface area contributed by atoms with Gasteiger partial charge < -0.3 is 16.8 Å². The number of nitrogen functional groups attached to an aromatic ring is 1. The molecule has 27 heavy (non-hydrogen) atoms. The standard InChI is InChI=1S/C15H13F3N8O/c1-6-4-7(2-3-8(6)11(20)27)22-14-21-5-9(10(19)23-14)12-24-13(26-25-12)15(16,17)18/h2-5H,1H3,(H2,20,27)(H,24,25,26)(H3,19,21,22,23). The molecule has 3 rings (SSSR count). The molecule has 0 fully saturated rings. The molecular formula is C15H13F3N8O. The second-order valence-electron chi connectivity index (χ2n) is 5.52. The lowest BCUT2D eigenvalue weighted by molar-refractivity contribution is -0.144. The van der Waals surface area contributed by atoms with Crippen LogP contribution in [0, 0.1) is 6.92 Å². The third kappa shape index (κ3) is 3.78. The van der Waals surface area contributed by atoms with E-state index in [9.17, 15) is 18.0 Å². The second kappa shape index (κ2) is 6.55. The van der Waals surface area contributed by atoms with Crippen molar-refractivity contribution in [3.05, 3.63) is 41.3 Å². The zero-order valence-electron chi connectivity index (χ0n) is 13.8. The number of nitrogens with one attached hydrogen (secondary N) is 2. The zero-order valence-corrected chi connectivity index (χ0v) is 13.8. The Morgan fingerprint density at radius 2 is 2.00 bits per heavy atom. The highest BCUT2D eigenvalue weighted by Crippen LogP contribution is 2.29.